The Bertz CT molecular complexity index is 1050. The fourth-order valence-electron chi connectivity index (χ4n) is 7.50. The minimum Gasteiger partial charge on any atom is -0.396 e. The second-order valence-corrected chi connectivity index (χ2v) is 12.2. The molecule has 2 heterocycles. The van der Waals surface area contributed by atoms with Gasteiger partial charge in [0.2, 0.25) is 0 Å². The van der Waals surface area contributed by atoms with Crippen LogP contribution >= 0.6 is 0 Å². The van der Waals surface area contributed by atoms with Gasteiger partial charge >= 0.3 is 0 Å². The van der Waals surface area contributed by atoms with Gasteiger partial charge in [-0.15, -0.1) is 0 Å². The molecule has 1 aromatic carbocycles. The number of aromatic nitrogens is 1. The molecule has 1 aromatic heterocycles. The monoisotopic (exact) mass is 503 g/mol. The standard InChI is InChI=1S/C33H49N3O/c1-5-32(6-2)16-17-33(7-3,8-4)29-21-24(12-13-28(29)32)30-10-9-11-31(35-30)36-18-14-27(15-19-36)34-22-25-20-26(25)23-37/h9-13,21,25-27,34,37H,5-8,14-20,22-23H2,1-4H3. The van der Waals surface area contributed by atoms with Crippen LogP contribution in [0.3, 0.4) is 0 Å². The summed E-state index contributed by atoms with van der Waals surface area (Å²) in [5, 5.41) is 13.1. The lowest BCUT2D eigenvalue weighted by Crippen LogP contribution is -2.43. The maximum Gasteiger partial charge on any atom is 0.129 e. The molecule has 4 nitrogen and oxygen atoms in total. The van der Waals surface area contributed by atoms with Gasteiger partial charge in [0.1, 0.15) is 5.82 Å². The van der Waals surface area contributed by atoms with Crippen molar-refractivity contribution >= 4 is 5.82 Å². The molecule has 0 radical (unpaired) electrons. The normalized spacial score (nSPS) is 24.6. The molecule has 1 saturated heterocycles. The smallest absolute Gasteiger partial charge is 0.129 e. The van der Waals surface area contributed by atoms with E-state index in [0.29, 0.717) is 35.3 Å². The van der Waals surface area contributed by atoms with E-state index in [1.54, 1.807) is 11.1 Å². The Kier molecular flexibility index (Phi) is 7.98. The Morgan fingerprint density at radius 2 is 1.57 bits per heavy atom. The Morgan fingerprint density at radius 3 is 2.19 bits per heavy atom. The number of aliphatic hydroxyl groups is 1. The fourth-order valence-corrected chi connectivity index (χ4v) is 7.50. The molecule has 4 heteroatoms. The predicted molar refractivity (Wildman–Crippen MR) is 155 cm³/mol. The Hall–Kier alpha value is -1.91. The number of benzene rings is 1. The molecule has 2 aliphatic carbocycles. The molecule has 1 saturated carbocycles. The van der Waals surface area contributed by atoms with Crippen LogP contribution in [-0.4, -0.2) is 42.4 Å². The first-order valence-electron chi connectivity index (χ1n) is 15.2. The van der Waals surface area contributed by atoms with Gasteiger partial charge in [0, 0.05) is 31.3 Å². The predicted octanol–water partition coefficient (Wildman–Crippen LogP) is 6.84. The van der Waals surface area contributed by atoms with Crippen molar-refractivity contribution < 1.29 is 5.11 Å². The summed E-state index contributed by atoms with van der Waals surface area (Å²) < 4.78 is 0. The van der Waals surface area contributed by atoms with Crippen molar-refractivity contribution in [3.8, 4) is 11.3 Å². The lowest BCUT2D eigenvalue weighted by Gasteiger charge is -2.48. The van der Waals surface area contributed by atoms with Gasteiger partial charge in [0.05, 0.1) is 5.69 Å². The molecule has 0 spiro atoms. The number of aliphatic hydroxyl groups excluding tert-OH is 1. The molecule has 2 aromatic rings. The highest BCUT2D eigenvalue weighted by Gasteiger charge is 2.43. The highest BCUT2D eigenvalue weighted by atomic mass is 16.3. The van der Waals surface area contributed by atoms with Crippen LogP contribution in [0.25, 0.3) is 11.3 Å². The van der Waals surface area contributed by atoms with Crippen molar-refractivity contribution in [2.75, 3.05) is 31.1 Å². The molecule has 0 bridgehead atoms. The van der Waals surface area contributed by atoms with Gasteiger partial charge < -0.3 is 15.3 Å². The van der Waals surface area contributed by atoms with Crippen molar-refractivity contribution in [1.82, 2.24) is 10.3 Å². The van der Waals surface area contributed by atoms with E-state index in [-0.39, 0.29) is 0 Å². The number of nitrogens with zero attached hydrogens (tertiary/aromatic N) is 2. The second kappa shape index (κ2) is 11.1. The summed E-state index contributed by atoms with van der Waals surface area (Å²) in [5.74, 6) is 2.35. The summed E-state index contributed by atoms with van der Waals surface area (Å²) in [6.45, 7) is 13.1. The second-order valence-electron chi connectivity index (χ2n) is 12.2. The zero-order chi connectivity index (χ0) is 26.0. The number of nitrogens with one attached hydrogen (secondary N) is 1. The molecule has 37 heavy (non-hydrogen) atoms. The first-order chi connectivity index (χ1) is 18.0. The third-order valence-corrected chi connectivity index (χ3v) is 10.8. The Balaban J connectivity index is 1.33. The highest BCUT2D eigenvalue weighted by molar-refractivity contribution is 5.65. The third-order valence-electron chi connectivity index (χ3n) is 10.8. The SMILES string of the molecule is CCC1(CC)CCC(CC)(CC)c2cc(-c3cccc(N4CCC(NCC5CC5CO)CC4)n3)ccc21. The number of pyridine rings is 1. The molecule has 1 aliphatic heterocycles. The topological polar surface area (TPSA) is 48.4 Å². The summed E-state index contributed by atoms with van der Waals surface area (Å²) >= 11 is 0. The number of piperidine rings is 1. The first kappa shape index (κ1) is 26.7. The van der Waals surface area contributed by atoms with E-state index in [0.717, 1.165) is 44.0 Å². The van der Waals surface area contributed by atoms with E-state index in [1.165, 1.54) is 50.5 Å². The molecule has 5 rings (SSSR count). The lowest BCUT2D eigenvalue weighted by atomic mass is 9.57. The van der Waals surface area contributed by atoms with E-state index < -0.39 is 0 Å². The lowest BCUT2D eigenvalue weighted by molar-refractivity contribution is 0.239. The Morgan fingerprint density at radius 1 is 0.892 bits per heavy atom. The maximum atomic E-state index is 9.29. The van der Waals surface area contributed by atoms with E-state index in [1.807, 2.05) is 0 Å². The first-order valence-corrected chi connectivity index (χ1v) is 15.2. The molecule has 2 N–H and O–H groups in total. The summed E-state index contributed by atoms with van der Waals surface area (Å²) in [6, 6.07) is 14.5. The van der Waals surface area contributed by atoms with Crippen LogP contribution in [0, 0.1) is 11.8 Å². The number of hydrogen-bond acceptors (Lipinski definition) is 4. The third kappa shape index (κ3) is 5.08. The molecule has 2 unspecified atom stereocenters. The molecule has 2 atom stereocenters. The largest absolute Gasteiger partial charge is 0.396 e. The molecule has 3 aliphatic rings. The number of anilines is 1. The van der Waals surface area contributed by atoms with Crippen LogP contribution in [-0.2, 0) is 10.8 Å². The van der Waals surface area contributed by atoms with Gasteiger partial charge in [-0.1, -0.05) is 45.9 Å². The van der Waals surface area contributed by atoms with Crippen LogP contribution in [0.4, 0.5) is 5.82 Å². The van der Waals surface area contributed by atoms with E-state index in [2.05, 4.69) is 74.3 Å². The van der Waals surface area contributed by atoms with Crippen molar-refractivity contribution in [2.24, 2.45) is 11.8 Å². The molecule has 2 fully saturated rings. The van der Waals surface area contributed by atoms with E-state index >= 15 is 0 Å². The van der Waals surface area contributed by atoms with Crippen molar-refractivity contribution in [3.63, 3.8) is 0 Å². The maximum absolute atomic E-state index is 9.29. The van der Waals surface area contributed by atoms with Gasteiger partial charge in [-0.2, -0.15) is 0 Å². The van der Waals surface area contributed by atoms with Crippen LogP contribution in [0.2, 0.25) is 0 Å². The van der Waals surface area contributed by atoms with Crippen LogP contribution in [0.1, 0.15) is 96.6 Å². The van der Waals surface area contributed by atoms with Crippen LogP contribution < -0.4 is 10.2 Å². The quantitative estimate of drug-likeness (QED) is 0.372. The highest BCUT2D eigenvalue weighted by Crippen LogP contribution is 2.53. The summed E-state index contributed by atoms with van der Waals surface area (Å²) in [4.78, 5) is 7.67. The van der Waals surface area contributed by atoms with Gasteiger partial charge in [0.15, 0.2) is 0 Å². The number of rotatable bonds is 10. The minimum atomic E-state index is 0.295. The zero-order valence-electron chi connectivity index (χ0n) is 23.7. The summed E-state index contributed by atoms with van der Waals surface area (Å²) in [6.07, 6.45) is 11.0. The average Bonchev–Trinajstić information content (AvgIpc) is 3.74. The van der Waals surface area contributed by atoms with E-state index in [9.17, 15) is 5.11 Å². The van der Waals surface area contributed by atoms with Crippen LogP contribution in [0.5, 0.6) is 0 Å². The summed E-state index contributed by atoms with van der Waals surface area (Å²) in [7, 11) is 0. The molecule has 202 valence electrons. The van der Waals surface area contributed by atoms with Gasteiger partial charge in [-0.05, 0) is 116 Å². The number of hydrogen-bond donors (Lipinski definition) is 2. The molecular formula is C33H49N3O. The Labute approximate surface area is 225 Å². The molecular weight excluding hydrogens is 454 g/mol. The average molecular weight is 504 g/mol. The van der Waals surface area contributed by atoms with Gasteiger partial charge in [0.25, 0.3) is 0 Å². The summed E-state index contributed by atoms with van der Waals surface area (Å²) in [5.41, 5.74) is 6.21. The zero-order valence-corrected chi connectivity index (χ0v) is 23.7. The fraction of sp³-hybridized carbons (Fsp3) is 0.667. The minimum absolute atomic E-state index is 0.295. The van der Waals surface area contributed by atoms with Crippen molar-refractivity contribution in [3.05, 3.63) is 47.5 Å². The van der Waals surface area contributed by atoms with Gasteiger partial charge in [-0.3, -0.25) is 0 Å². The molecule has 0 amide bonds. The van der Waals surface area contributed by atoms with Crippen molar-refractivity contribution in [1.29, 1.82) is 0 Å². The van der Waals surface area contributed by atoms with Gasteiger partial charge in [-0.25, -0.2) is 4.98 Å². The van der Waals surface area contributed by atoms with Crippen molar-refractivity contribution in [2.45, 2.75) is 102 Å². The van der Waals surface area contributed by atoms with Crippen LogP contribution in [0.15, 0.2) is 36.4 Å². The number of fused-ring (bicyclic) bond motifs is 1. The van der Waals surface area contributed by atoms with E-state index in [4.69, 9.17) is 4.98 Å².